The monoisotopic (exact) mass is 371 g/mol. The SMILES string of the molecule is O=C(OC(=O)[C@H](Cc1ccccc1)N1CCNC2(CC2)C1=O)C1CCCN1. The van der Waals surface area contributed by atoms with E-state index in [4.69, 9.17) is 4.74 Å². The Morgan fingerprint density at radius 2 is 2.00 bits per heavy atom. The summed E-state index contributed by atoms with van der Waals surface area (Å²) in [6.07, 6.45) is 3.49. The van der Waals surface area contributed by atoms with Crippen molar-refractivity contribution in [3.8, 4) is 0 Å². The Morgan fingerprint density at radius 3 is 2.67 bits per heavy atom. The van der Waals surface area contributed by atoms with Gasteiger partial charge in [-0.3, -0.25) is 4.79 Å². The van der Waals surface area contributed by atoms with Crippen molar-refractivity contribution in [3.63, 3.8) is 0 Å². The van der Waals surface area contributed by atoms with Crippen molar-refractivity contribution in [2.45, 2.75) is 49.7 Å². The van der Waals surface area contributed by atoms with Crippen molar-refractivity contribution in [2.24, 2.45) is 0 Å². The van der Waals surface area contributed by atoms with Crippen molar-refractivity contribution >= 4 is 17.8 Å². The average molecular weight is 371 g/mol. The Morgan fingerprint density at radius 1 is 1.22 bits per heavy atom. The lowest BCUT2D eigenvalue weighted by Crippen LogP contribution is -2.62. The largest absolute Gasteiger partial charge is 0.390 e. The Hall–Kier alpha value is -2.25. The lowest BCUT2D eigenvalue weighted by molar-refractivity contribution is -0.168. The molecule has 2 atom stereocenters. The fourth-order valence-electron chi connectivity index (χ4n) is 3.96. The number of hydrogen-bond donors (Lipinski definition) is 2. The molecule has 1 aromatic carbocycles. The van der Waals surface area contributed by atoms with Gasteiger partial charge in [-0.05, 0) is 37.8 Å². The van der Waals surface area contributed by atoms with Gasteiger partial charge in [0.15, 0.2) is 0 Å². The molecule has 2 N–H and O–H groups in total. The number of nitrogens with one attached hydrogen (secondary N) is 2. The summed E-state index contributed by atoms with van der Waals surface area (Å²) >= 11 is 0. The van der Waals surface area contributed by atoms with Crippen LogP contribution in [0.5, 0.6) is 0 Å². The number of carbonyl (C=O) groups is 3. The van der Waals surface area contributed by atoms with E-state index in [9.17, 15) is 14.4 Å². The molecular weight excluding hydrogens is 346 g/mol. The van der Waals surface area contributed by atoms with E-state index >= 15 is 0 Å². The fraction of sp³-hybridized carbons (Fsp3) is 0.550. The third-order valence-corrected chi connectivity index (χ3v) is 5.70. The average Bonchev–Trinajstić information content (AvgIpc) is 3.23. The predicted molar refractivity (Wildman–Crippen MR) is 97.7 cm³/mol. The van der Waals surface area contributed by atoms with Gasteiger partial charge in [-0.1, -0.05) is 30.3 Å². The maximum absolute atomic E-state index is 12.9. The molecule has 1 saturated carbocycles. The van der Waals surface area contributed by atoms with Crippen LogP contribution in [0.1, 0.15) is 31.2 Å². The van der Waals surface area contributed by atoms with Crippen LogP contribution in [0.3, 0.4) is 0 Å². The summed E-state index contributed by atoms with van der Waals surface area (Å²) in [6, 6.07) is 8.31. The zero-order valence-corrected chi connectivity index (χ0v) is 15.3. The molecule has 1 spiro atoms. The van der Waals surface area contributed by atoms with Gasteiger partial charge in [-0.15, -0.1) is 0 Å². The van der Waals surface area contributed by atoms with Crippen molar-refractivity contribution in [1.29, 1.82) is 0 Å². The number of rotatable bonds is 5. The zero-order valence-electron chi connectivity index (χ0n) is 15.3. The third kappa shape index (κ3) is 3.75. The lowest BCUT2D eigenvalue weighted by Gasteiger charge is -2.37. The molecule has 2 heterocycles. The highest BCUT2D eigenvalue weighted by Gasteiger charge is 2.55. The van der Waals surface area contributed by atoms with Crippen molar-refractivity contribution in [3.05, 3.63) is 35.9 Å². The second-order valence-corrected chi connectivity index (χ2v) is 7.60. The van der Waals surface area contributed by atoms with Crippen molar-refractivity contribution < 1.29 is 19.1 Å². The highest BCUT2D eigenvalue weighted by Crippen LogP contribution is 2.39. The summed E-state index contributed by atoms with van der Waals surface area (Å²) < 4.78 is 5.20. The molecule has 3 fully saturated rings. The van der Waals surface area contributed by atoms with Crippen LogP contribution < -0.4 is 10.6 Å². The van der Waals surface area contributed by atoms with Crippen LogP contribution in [-0.2, 0) is 25.5 Å². The lowest BCUT2D eigenvalue weighted by atomic mass is 10.0. The minimum absolute atomic E-state index is 0.0573. The number of ether oxygens (including phenoxy) is 1. The van der Waals surface area contributed by atoms with E-state index in [0.29, 0.717) is 25.9 Å². The van der Waals surface area contributed by atoms with Crippen LogP contribution in [0.25, 0.3) is 0 Å². The second-order valence-electron chi connectivity index (χ2n) is 7.60. The Bertz CT molecular complexity index is 726. The first kappa shape index (κ1) is 18.1. The van der Waals surface area contributed by atoms with E-state index in [1.165, 1.54) is 0 Å². The maximum Gasteiger partial charge on any atom is 0.336 e. The molecule has 2 saturated heterocycles. The standard InChI is InChI=1S/C20H25N3O4/c24-17(15-7-4-10-21-15)27-18(25)16(13-14-5-2-1-3-6-14)23-12-11-22-20(8-9-20)19(23)26/h1-3,5-6,15-16,21-22H,4,7-13H2/t15?,16-/m0/s1. The molecule has 27 heavy (non-hydrogen) atoms. The highest BCUT2D eigenvalue weighted by atomic mass is 16.6. The van der Waals surface area contributed by atoms with Gasteiger partial charge in [0.05, 0.1) is 5.54 Å². The Labute approximate surface area is 158 Å². The molecule has 0 bridgehead atoms. The number of hydrogen-bond acceptors (Lipinski definition) is 6. The van der Waals surface area contributed by atoms with Gasteiger partial charge in [-0.2, -0.15) is 0 Å². The second kappa shape index (κ2) is 7.40. The van der Waals surface area contributed by atoms with E-state index in [1.807, 2.05) is 30.3 Å². The molecule has 1 unspecified atom stereocenters. The van der Waals surface area contributed by atoms with Gasteiger partial charge in [-0.25, -0.2) is 9.59 Å². The minimum atomic E-state index is -0.787. The predicted octanol–water partition coefficient (Wildman–Crippen LogP) is 0.384. The van der Waals surface area contributed by atoms with Crippen LogP contribution in [0, 0.1) is 0 Å². The van der Waals surface area contributed by atoms with E-state index in [2.05, 4.69) is 10.6 Å². The fourth-order valence-corrected chi connectivity index (χ4v) is 3.96. The van der Waals surface area contributed by atoms with Gasteiger partial charge in [0.1, 0.15) is 12.1 Å². The Balaban J connectivity index is 1.52. The number of carbonyl (C=O) groups excluding carboxylic acids is 3. The molecule has 1 amide bonds. The smallest absolute Gasteiger partial charge is 0.336 e. The summed E-state index contributed by atoms with van der Waals surface area (Å²) in [5.74, 6) is -1.24. The molecule has 3 aliphatic rings. The van der Waals surface area contributed by atoms with Crippen molar-refractivity contribution in [1.82, 2.24) is 15.5 Å². The first-order valence-corrected chi connectivity index (χ1v) is 9.68. The molecule has 7 heteroatoms. The first-order chi connectivity index (χ1) is 13.1. The summed E-state index contributed by atoms with van der Waals surface area (Å²) in [5, 5.41) is 6.32. The van der Waals surface area contributed by atoms with Crippen LogP contribution in [-0.4, -0.2) is 60.0 Å². The molecule has 144 valence electrons. The molecule has 4 rings (SSSR count). The van der Waals surface area contributed by atoms with Gasteiger partial charge < -0.3 is 20.3 Å². The van der Waals surface area contributed by atoms with Crippen LogP contribution in [0.15, 0.2) is 30.3 Å². The van der Waals surface area contributed by atoms with E-state index in [1.54, 1.807) is 4.90 Å². The van der Waals surface area contributed by atoms with E-state index < -0.39 is 29.6 Å². The molecule has 7 nitrogen and oxygen atoms in total. The molecular formula is C20H25N3O4. The normalized spacial score (nSPS) is 24.7. The van der Waals surface area contributed by atoms with E-state index in [0.717, 1.165) is 31.4 Å². The first-order valence-electron chi connectivity index (χ1n) is 9.68. The summed E-state index contributed by atoms with van der Waals surface area (Å²) in [5.41, 5.74) is 0.423. The summed E-state index contributed by atoms with van der Waals surface area (Å²) in [4.78, 5) is 39.8. The van der Waals surface area contributed by atoms with Gasteiger partial charge >= 0.3 is 11.9 Å². The molecule has 0 aromatic heterocycles. The van der Waals surface area contributed by atoms with Gasteiger partial charge in [0, 0.05) is 19.5 Å². The number of nitrogens with zero attached hydrogens (tertiary/aromatic N) is 1. The van der Waals surface area contributed by atoms with Crippen LogP contribution >= 0.6 is 0 Å². The topological polar surface area (TPSA) is 87.7 Å². The summed E-state index contributed by atoms with van der Waals surface area (Å²) in [7, 11) is 0. The highest BCUT2D eigenvalue weighted by molar-refractivity contribution is 5.96. The van der Waals surface area contributed by atoms with E-state index in [-0.39, 0.29) is 5.91 Å². The quantitative estimate of drug-likeness (QED) is 0.575. The maximum atomic E-state index is 12.9. The third-order valence-electron chi connectivity index (χ3n) is 5.70. The molecule has 2 aliphatic heterocycles. The van der Waals surface area contributed by atoms with Crippen LogP contribution in [0.2, 0.25) is 0 Å². The van der Waals surface area contributed by atoms with Gasteiger partial charge in [0.2, 0.25) is 5.91 Å². The number of esters is 2. The minimum Gasteiger partial charge on any atom is -0.390 e. The molecule has 1 aromatic rings. The zero-order chi connectivity index (χ0) is 18.9. The molecule has 1 aliphatic carbocycles. The number of piperazine rings is 1. The van der Waals surface area contributed by atoms with Crippen LogP contribution in [0.4, 0.5) is 0 Å². The molecule has 0 radical (unpaired) electrons. The van der Waals surface area contributed by atoms with Crippen molar-refractivity contribution in [2.75, 3.05) is 19.6 Å². The summed E-state index contributed by atoms with van der Waals surface area (Å²) in [6.45, 7) is 1.83. The Kier molecular flexibility index (Phi) is 4.97. The van der Waals surface area contributed by atoms with Gasteiger partial charge in [0.25, 0.3) is 0 Å². The number of amides is 1. The number of benzene rings is 1.